The highest BCUT2D eigenvalue weighted by Crippen LogP contribution is 2.34. The normalized spacial score (nSPS) is 17.4. The molecule has 0 aliphatic carbocycles. The van der Waals surface area contributed by atoms with Gasteiger partial charge in [-0.3, -0.25) is 4.90 Å². The lowest BCUT2D eigenvalue weighted by Gasteiger charge is -2.42. The molecule has 0 saturated heterocycles. The Morgan fingerprint density at radius 2 is 1.68 bits per heavy atom. The smallest absolute Gasteiger partial charge is 0.330 e. The van der Waals surface area contributed by atoms with E-state index >= 15 is 0 Å². The van der Waals surface area contributed by atoms with Crippen molar-refractivity contribution in [3.8, 4) is 0 Å². The summed E-state index contributed by atoms with van der Waals surface area (Å²) in [5.74, 6) is -0.210. The second-order valence-corrected chi connectivity index (χ2v) is 5.87. The molecule has 1 heterocycles. The molecule has 0 aromatic heterocycles. The largest absolute Gasteiger partial charge is 0.467 e. The van der Waals surface area contributed by atoms with Crippen LogP contribution in [0, 0.1) is 0 Å². The number of hydrogen-bond acceptors (Lipinski definition) is 3. The first-order chi connectivity index (χ1) is 10.7. The number of benzene rings is 2. The van der Waals surface area contributed by atoms with Crippen LogP contribution >= 0.6 is 0 Å². The van der Waals surface area contributed by atoms with Gasteiger partial charge in [0.15, 0.2) is 0 Å². The summed E-state index contributed by atoms with van der Waals surface area (Å²) in [6.45, 7) is 3.57. The summed E-state index contributed by atoms with van der Waals surface area (Å²) in [6.07, 6.45) is 0.954. The standard InChI is InChI=1S/C19H21NO2/c1-19(18(21)22-2,17-10-4-3-5-11-17)20-13-12-15-8-6-7-9-16(15)14-20/h3-11H,12-14H2,1-2H3. The lowest BCUT2D eigenvalue weighted by Crippen LogP contribution is -2.52. The lowest BCUT2D eigenvalue weighted by atomic mass is 9.87. The number of carbonyl (C=O) groups is 1. The van der Waals surface area contributed by atoms with Gasteiger partial charge in [0, 0.05) is 13.1 Å². The summed E-state index contributed by atoms with van der Waals surface area (Å²) in [5.41, 5.74) is 2.88. The van der Waals surface area contributed by atoms with Crippen molar-refractivity contribution in [3.05, 3.63) is 71.3 Å². The summed E-state index contributed by atoms with van der Waals surface area (Å²) in [6, 6.07) is 18.3. The fourth-order valence-corrected chi connectivity index (χ4v) is 3.27. The zero-order chi connectivity index (χ0) is 15.6. The van der Waals surface area contributed by atoms with E-state index in [2.05, 4.69) is 29.2 Å². The average molecular weight is 295 g/mol. The molecule has 0 radical (unpaired) electrons. The lowest BCUT2D eigenvalue weighted by molar-refractivity contribution is -0.156. The number of fused-ring (bicyclic) bond motifs is 1. The zero-order valence-electron chi connectivity index (χ0n) is 13.1. The first kappa shape index (κ1) is 14.8. The van der Waals surface area contributed by atoms with Gasteiger partial charge in [0.1, 0.15) is 5.54 Å². The van der Waals surface area contributed by atoms with Crippen molar-refractivity contribution in [2.75, 3.05) is 13.7 Å². The maximum absolute atomic E-state index is 12.6. The Hall–Kier alpha value is -2.13. The SMILES string of the molecule is COC(=O)C(C)(c1ccccc1)N1CCc2ccccc2C1. The summed E-state index contributed by atoms with van der Waals surface area (Å²) >= 11 is 0. The van der Waals surface area contributed by atoms with Crippen LogP contribution < -0.4 is 0 Å². The highest BCUT2D eigenvalue weighted by molar-refractivity contribution is 5.82. The van der Waals surface area contributed by atoms with Gasteiger partial charge in [-0.15, -0.1) is 0 Å². The maximum atomic E-state index is 12.6. The van der Waals surface area contributed by atoms with E-state index in [1.807, 2.05) is 37.3 Å². The van der Waals surface area contributed by atoms with Crippen LogP contribution in [-0.4, -0.2) is 24.5 Å². The van der Waals surface area contributed by atoms with E-state index in [-0.39, 0.29) is 5.97 Å². The van der Waals surface area contributed by atoms with E-state index < -0.39 is 5.54 Å². The predicted molar refractivity (Wildman–Crippen MR) is 86.4 cm³/mol. The fourth-order valence-electron chi connectivity index (χ4n) is 3.27. The number of rotatable bonds is 3. The molecule has 22 heavy (non-hydrogen) atoms. The summed E-state index contributed by atoms with van der Waals surface area (Å²) in [5, 5.41) is 0. The molecule has 2 aromatic rings. The van der Waals surface area contributed by atoms with Crippen LogP contribution in [0.2, 0.25) is 0 Å². The minimum absolute atomic E-state index is 0.210. The number of hydrogen-bond donors (Lipinski definition) is 0. The van der Waals surface area contributed by atoms with Crippen molar-refractivity contribution < 1.29 is 9.53 Å². The third-order valence-electron chi connectivity index (χ3n) is 4.68. The van der Waals surface area contributed by atoms with Gasteiger partial charge in [0.2, 0.25) is 0 Å². The molecule has 0 N–H and O–H groups in total. The Bertz CT molecular complexity index is 668. The van der Waals surface area contributed by atoms with Crippen molar-refractivity contribution in [1.29, 1.82) is 0 Å². The molecule has 0 bridgehead atoms. The van der Waals surface area contributed by atoms with Gasteiger partial charge in [-0.2, -0.15) is 0 Å². The number of ether oxygens (including phenoxy) is 1. The third-order valence-corrected chi connectivity index (χ3v) is 4.68. The molecule has 0 fully saturated rings. The molecule has 0 spiro atoms. The maximum Gasteiger partial charge on any atom is 0.330 e. The van der Waals surface area contributed by atoms with Gasteiger partial charge in [0.25, 0.3) is 0 Å². The third kappa shape index (κ3) is 2.42. The quantitative estimate of drug-likeness (QED) is 0.815. The van der Waals surface area contributed by atoms with Crippen molar-refractivity contribution in [3.63, 3.8) is 0 Å². The van der Waals surface area contributed by atoms with Crippen LogP contribution in [-0.2, 0) is 28.0 Å². The van der Waals surface area contributed by atoms with E-state index in [1.165, 1.54) is 18.2 Å². The molecule has 1 unspecified atom stereocenters. The molecule has 1 aliphatic rings. The zero-order valence-corrected chi connectivity index (χ0v) is 13.1. The molecular formula is C19H21NO2. The predicted octanol–water partition coefficient (Wildman–Crippen LogP) is 3.13. The van der Waals surface area contributed by atoms with Crippen molar-refractivity contribution in [2.24, 2.45) is 0 Å². The van der Waals surface area contributed by atoms with Gasteiger partial charge in [-0.05, 0) is 30.0 Å². The monoisotopic (exact) mass is 295 g/mol. The van der Waals surface area contributed by atoms with Crippen molar-refractivity contribution in [2.45, 2.75) is 25.4 Å². The number of esters is 1. The van der Waals surface area contributed by atoms with Gasteiger partial charge in [-0.1, -0.05) is 54.6 Å². The molecule has 1 atom stereocenters. The molecule has 3 nitrogen and oxygen atoms in total. The first-order valence-corrected chi connectivity index (χ1v) is 7.62. The van der Waals surface area contributed by atoms with Crippen LogP contribution in [0.4, 0.5) is 0 Å². The van der Waals surface area contributed by atoms with Crippen LogP contribution in [0.3, 0.4) is 0 Å². The molecule has 0 amide bonds. The Morgan fingerprint density at radius 1 is 1.05 bits per heavy atom. The second kappa shape index (κ2) is 5.93. The van der Waals surface area contributed by atoms with E-state index in [0.717, 1.165) is 25.1 Å². The summed E-state index contributed by atoms with van der Waals surface area (Å²) in [7, 11) is 1.46. The summed E-state index contributed by atoms with van der Waals surface area (Å²) in [4.78, 5) is 14.8. The Morgan fingerprint density at radius 3 is 2.36 bits per heavy atom. The van der Waals surface area contributed by atoms with Crippen LogP contribution in [0.15, 0.2) is 54.6 Å². The van der Waals surface area contributed by atoms with E-state index in [0.29, 0.717) is 0 Å². The van der Waals surface area contributed by atoms with E-state index in [1.54, 1.807) is 0 Å². The Labute approximate surface area is 131 Å². The van der Waals surface area contributed by atoms with Gasteiger partial charge >= 0.3 is 5.97 Å². The number of carbonyl (C=O) groups excluding carboxylic acids is 1. The molecule has 1 aliphatic heterocycles. The Kier molecular flexibility index (Phi) is 3.99. The van der Waals surface area contributed by atoms with E-state index in [9.17, 15) is 4.79 Å². The number of nitrogens with zero attached hydrogens (tertiary/aromatic N) is 1. The average Bonchev–Trinajstić information content (AvgIpc) is 2.60. The van der Waals surface area contributed by atoms with Crippen LogP contribution in [0.1, 0.15) is 23.6 Å². The van der Waals surface area contributed by atoms with Gasteiger partial charge in [-0.25, -0.2) is 4.79 Å². The van der Waals surface area contributed by atoms with Crippen LogP contribution in [0.5, 0.6) is 0 Å². The molecule has 3 rings (SSSR count). The fraction of sp³-hybridized carbons (Fsp3) is 0.316. The Balaban J connectivity index is 2.00. The highest BCUT2D eigenvalue weighted by Gasteiger charge is 2.43. The number of methoxy groups -OCH3 is 1. The first-order valence-electron chi connectivity index (χ1n) is 7.62. The second-order valence-electron chi connectivity index (χ2n) is 5.87. The van der Waals surface area contributed by atoms with Crippen LogP contribution in [0.25, 0.3) is 0 Å². The topological polar surface area (TPSA) is 29.5 Å². The highest BCUT2D eigenvalue weighted by atomic mass is 16.5. The molecule has 0 saturated carbocycles. The van der Waals surface area contributed by atoms with Crippen molar-refractivity contribution >= 4 is 5.97 Å². The van der Waals surface area contributed by atoms with Crippen molar-refractivity contribution in [1.82, 2.24) is 4.90 Å². The summed E-state index contributed by atoms with van der Waals surface area (Å²) < 4.78 is 5.13. The van der Waals surface area contributed by atoms with E-state index in [4.69, 9.17) is 4.74 Å². The molecular weight excluding hydrogens is 274 g/mol. The molecule has 114 valence electrons. The molecule has 2 aromatic carbocycles. The minimum atomic E-state index is -0.760. The molecule has 3 heteroatoms. The minimum Gasteiger partial charge on any atom is -0.467 e. The van der Waals surface area contributed by atoms with Gasteiger partial charge < -0.3 is 4.74 Å². The van der Waals surface area contributed by atoms with Gasteiger partial charge in [0.05, 0.1) is 7.11 Å².